The van der Waals surface area contributed by atoms with Crippen LogP contribution in [0.15, 0.2) is 53.5 Å². The Labute approximate surface area is 190 Å². The van der Waals surface area contributed by atoms with Crippen molar-refractivity contribution in [3.63, 3.8) is 0 Å². The smallest absolute Gasteiger partial charge is 0.251 e. The molecule has 0 fully saturated rings. The van der Waals surface area contributed by atoms with Crippen molar-refractivity contribution in [2.45, 2.75) is 46.1 Å². The summed E-state index contributed by atoms with van der Waals surface area (Å²) in [5, 5.41) is 9.11. The van der Waals surface area contributed by atoms with Crippen LogP contribution in [-0.4, -0.2) is 37.4 Å². The first-order chi connectivity index (χ1) is 15.4. The average molecular weight is 438 g/mol. The molecule has 0 aliphatic rings. The van der Waals surface area contributed by atoms with E-state index in [-0.39, 0.29) is 12.5 Å². The molecule has 0 saturated carbocycles. The largest absolute Gasteiger partial charge is 0.368 e. The van der Waals surface area contributed by atoms with Gasteiger partial charge in [0.2, 0.25) is 5.91 Å². The van der Waals surface area contributed by atoms with E-state index in [4.69, 9.17) is 5.73 Å². The number of hydrogen-bond donors (Lipinski definition) is 4. The van der Waals surface area contributed by atoms with Crippen molar-refractivity contribution in [3.05, 3.63) is 70.8 Å². The van der Waals surface area contributed by atoms with Crippen LogP contribution in [0.2, 0.25) is 0 Å². The van der Waals surface area contributed by atoms with E-state index in [1.165, 1.54) is 11.1 Å². The number of aliphatic imine (C=N–C) groups is 1. The summed E-state index contributed by atoms with van der Waals surface area (Å²) in [7, 11) is 0. The fourth-order valence-corrected chi connectivity index (χ4v) is 3.11. The summed E-state index contributed by atoms with van der Waals surface area (Å²) < 4.78 is 0. The predicted molar refractivity (Wildman–Crippen MR) is 130 cm³/mol. The van der Waals surface area contributed by atoms with E-state index in [1.807, 2.05) is 19.1 Å². The quantitative estimate of drug-likeness (QED) is 0.246. The number of primary amides is 1. The number of benzene rings is 2. The number of rotatable bonds is 11. The number of hydrogen-bond acceptors (Lipinski definition) is 3. The molecule has 172 valence electrons. The SMILES string of the molecule is CCNC(=NCc1ccc(C(=O)NCC(N)=O)cc1)NCCCc1ccc(C(C)C)cc1. The van der Waals surface area contributed by atoms with E-state index in [9.17, 15) is 9.59 Å². The molecular weight excluding hydrogens is 402 g/mol. The highest BCUT2D eigenvalue weighted by Gasteiger charge is 2.06. The Morgan fingerprint density at radius 2 is 1.59 bits per heavy atom. The minimum Gasteiger partial charge on any atom is -0.368 e. The molecule has 0 aliphatic heterocycles. The van der Waals surface area contributed by atoms with Crippen LogP contribution in [0.4, 0.5) is 0 Å². The van der Waals surface area contributed by atoms with Crippen LogP contribution >= 0.6 is 0 Å². The molecule has 2 rings (SSSR count). The maximum Gasteiger partial charge on any atom is 0.251 e. The lowest BCUT2D eigenvalue weighted by Crippen LogP contribution is -2.37. The highest BCUT2D eigenvalue weighted by molar-refractivity contribution is 5.96. The zero-order valence-corrected chi connectivity index (χ0v) is 19.3. The Morgan fingerprint density at radius 3 is 2.19 bits per heavy atom. The van der Waals surface area contributed by atoms with Gasteiger partial charge in [0.25, 0.3) is 5.91 Å². The molecule has 0 aromatic heterocycles. The predicted octanol–water partition coefficient (Wildman–Crippen LogP) is 2.71. The number of amides is 2. The van der Waals surface area contributed by atoms with Gasteiger partial charge in [-0.05, 0) is 54.5 Å². The fourth-order valence-electron chi connectivity index (χ4n) is 3.11. The van der Waals surface area contributed by atoms with Crippen molar-refractivity contribution in [1.82, 2.24) is 16.0 Å². The van der Waals surface area contributed by atoms with E-state index >= 15 is 0 Å². The maximum absolute atomic E-state index is 11.9. The minimum atomic E-state index is -0.572. The van der Waals surface area contributed by atoms with Crippen LogP contribution < -0.4 is 21.7 Å². The van der Waals surface area contributed by atoms with Crippen molar-refractivity contribution in [1.29, 1.82) is 0 Å². The summed E-state index contributed by atoms with van der Waals surface area (Å²) in [4.78, 5) is 27.3. The zero-order chi connectivity index (χ0) is 23.3. The number of carbonyl (C=O) groups excluding carboxylic acids is 2. The van der Waals surface area contributed by atoms with Crippen molar-refractivity contribution < 1.29 is 9.59 Å². The number of nitrogens with two attached hydrogens (primary N) is 1. The van der Waals surface area contributed by atoms with Gasteiger partial charge in [0.1, 0.15) is 0 Å². The molecule has 0 unspecified atom stereocenters. The van der Waals surface area contributed by atoms with E-state index in [1.54, 1.807) is 12.1 Å². The van der Waals surface area contributed by atoms with Crippen LogP contribution in [0.5, 0.6) is 0 Å². The molecule has 0 radical (unpaired) electrons. The molecule has 7 nitrogen and oxygen atoms in total. The molecule has 7 heteroatoms. The topological polar surface area (TPSA) is 109 Å². The number of guanidine groups is 1. The van der Waals surface area contributed by atoms with Crippen LogP contribution in [0.3, 0.4) is 0 Å². The van der Waals surface area contributed by atoms with E-state index in [0.717, 1.165) is 37.5 Å². The van der Waals surface area contributed by atoms with Gasteiger partial charge >= 0.3 is 0 Å². The molecule has 0 spiro atoms. The molecule has 0 aliphatic carbocycles. The van der Waals surface area contributed by atoms with E-state index in [0.29, 0.717) is 18.0 Å². The Morgan fingerprint density at radius 1 is 0.938 bits per heavy atom. The number of nitrogens with one attached hydrogen (secondary N) is 3. The van der Waals surface area contributed by atoms with Gasteiger partial charge in [0, 0.05) is 18.7 Å². The van der Waals surface area contributed by atoms with Crippen LogP contribution in [-0.2, 0) is 17.8 Å². The molecule has 32 heavy (non-hydrogen) atoms. The number of nitrogens with zero attached hydrogens (tertiary/aromatic N) is 1. The third kappa shape index (κ3) is 8.79. The Balaban J connectivity index is 1.81. The lowest BCUT2D eigenvalue weighted by Gasteiger charge is -2.12. The summed E-state index contributed by atoms with van der Waals surface area (Å²) in [6.07, 6.45) is 2.03. The summed E-state index contributed by atoms with van der Waals surface area (Å²) in [5.74, 6) is 0.426. The third-order valence-electron chi connectivity index (χ3n) is 4.98. The van der Waals surface area contributed by atoms with Crippen molar-refractivity contribution in [2.75, 3.05) is 19.6 Å². The molecule has 5 N–H and O–H groups in total. The van der Waals surface area contributed by atoms with E-state index < -0.39 is 5.91 Å². The third-order valence-corrected chi connectivity index (χ3v) is 4.98. The van der Waals surface area contributed by atoms with Gasteiger partial charge in [-0.25, -0.2) is 4.99 Å². The summed E-state index contributed by atoms with van der Waals surface area (Å²) in [5.41, 5.74) is 9.22. The Kier molecular flexibility index (Phi) is 10.2. The standard InChI is InChI=1S/C25H35N5O2/c1-4-27-25(28-15-5-6-19-7-11-21(12-8-19)18(2)3)30-16-20-9-13-22(14-10-20)24(32)29-17-23(26)31/h7-14,18H,4-6,15-17H2,1-3H3,(H2,26,31)(H,29,32)(H2,27,28,30). The Hall–Kier alpha value is -3.35. The first-order valence-electron chi connectivity index (χ1n) is 11.2. The molecule has 0 heterocycles. The molecule has 0 atom stereocenters. The first kappa shape index (κ1) is 24.9. The van der Waals surface area contributed by atoms with Crippen molar-refractivity contribution in [2.24, 2.45) is 10.7 Å². The fraction of sp³-hybridized carbons (Fsp3) is 0.400. The average Bonchev–Trinajstić information content (AvgIpc) is 2.79. The van der Waals surface area contributed by atoms with Crippen molar-refractivity contribution >= 4 is 17.8 Å². The molecular formula is C25H35N5O2. The van der Waals surface area contributed by atoms with Gasteiger partial charge in [-0.2, -0.15) is 0 Å². The first-order valence-corrected chi connectivity index (χ1v) is 11.2. The molecule has 2 aromatic rings. The molecule has 2 aromatic carbocycles. The lowest BCUT2D eigenvalue weighted by atomic mass is 10.0. The molecule has 0 bridgehead atoms. The summed E-state index contributed by atoms with van der Waals surface area (Å²) >= 11 is 0. The monoisotopic (exact) mass is 437 g/mol. The zero-order valence-electron chi connectivity index (χ0n) is 19.3. The maximum atomic E-state index is 11.9. The van der Waals surface area contributed by atoms with Gasteiger partial charge in [-0.15, -0.1) is 0 Å². The number of carbonyl (C=O) groups is 2. The van der Waals surface area contributed by atoms with Gasteiger partial charge < -0.3 is 21.7 Å². The minimum absolute atomic E-state index is 0.175. The Bertz CT molecular complexity index is 890. The molecule has 2 amide bonds. The highest BCUT2D eigenvalue weighted by atomic mass is 16.2. The highest BCUT2D eigenvalue weighted by Crippen LogP contribution is 2.15. The molecule has 0 saturated heterocycles. The number of aryl methyl sites for hydroxylation is 1. The second-order valence-electron chi connectivity index (χ2n) is 7.97. The van der Waals surface area contributed by atoms with Crippen LogP contribution in [0.1, 0.15) is 60.2 Å². The normalized spacial score (nSPS) is 11.3. The van der Waals surface area contributed by atoms with Crippen LogP contribution in [0.25, 0.3) is 0 Å². The van der Waals surface area contributed by atoms with Gasteiger partial charge in [-0.3, -0.25) is 9.59 Å². The van der Waals surface area contributed by atoms with E-state index in [2.05, 4.69) is 59.1 Å². The van der Waals surface area contributed by atoms with Crippen molar-refractivity contribution in [3.8, 4) is 0 Å². The second-order valence-corrected chi connectivity index (χ2v) is 7.97. The van der Waals surface area contributed by atoms with Gasteiger partial charge in [-0.1, -0.05) is 50.2 Å². The van der Waals surface area contributed by atoms with Gasteiger partial charge in [0.05, 0.1) is 13.1 Å². The van der Waals surface area contributed by atoms with Crippen LogP contribution in [0, 0.1) is 0 Å². The second kappa shape index (κ2) is 13.1. The van der Waals surface area contributed by atoms with Gasteiger partial charge in [0.15, 0.2) is 5.96 Å². The lowest BCUT2D eigenvalue weighted by molar-refractivity contribution is -0.117. The summed E-state index contributed by atoms with van der Waals surface area (Å²) in [6, 6.07) is 16.0. The summed E-state index contributed by atoms with van der Waals surface area (Å²) in [6.45, 7) is 8.38.